The van der Waals surface area contributed by atoms with E-state index in [1.807, 2.05) is 12.1 Å². The van der Waals surface area contributed by atoms with Gasteiger partial charge in [-0.05, 0) is 43.0 Å². The summed E-state index contributed by atoms with van der Waals surface area (Å²) in [5, 5.41) is 2.12. The number of nitrogens with one attached hydrogen (secondary N) is 1. The van der Waals surface area contributed by atoms with E-state index in [1.165, 1.54) is 4.88 Å². The van der Waals surface area contributed by atoms with Crippen molar-refractivity contribution >= 4 is 11.3 Å². The molecule has 0 radical (unpaired) electrons. The van der Waals surface area contributed by atoms with E-state index in [2.05, 4.69) is 32.4 Å². The van der Waals surface area contributed by atoms with Crippen LogP contribution in [0.5, 0.6) is 0 Å². The maximum atomic E-state index is 12.1. The highest BCUT2D eigenvalue weighted by molar-refractivity contribution is 7.09. The summed E-state index contributed by atoms with van der Waals surface area (Å²) < 4.78 is 0. The van der Waals surface area contributed by atoms with Crippen LogP contribution >= 0.6 is 11.3 Å². The number of hydrogen-bond acceptors (Lipinski definition) is 5. The molecule has 5 nitrogen and oxygen atoms in total. The molecule has 4 heterocycles. The van der Waals surface area contributed by atoms with Gasteiger partial charge in [0.25, 0.3) is 5.56 Å². The zero-order chi connectivity index (χ0) is 17.1. The number of hydrogen-bond donors (Lipinski definition) is 1. The summed E-state index contributed by atoms with van der Waals surface area (Å²) in [5.74, 6) is 0.928. The third-order valence-electron chi connectivity index (χ3n) is 4.60. The SMILES string of the molecule is O=c1cc([C@@H]2CCCN(Cc3cccs3)C2)nc(-c2ccncc2)[nH]1. The van der Waals surface area contributed by atoms with Crippen LogP contribution in [-0.4, -0.2) is 32.9 Å². The molecule has 1 atom stereocenters. The van der Waals surface area contributed by atoms with Crippen LogP contribution in [0.25, 0.3) is 11.4 Å². The topological polar surface area (TPSA) is 61.9 Å². The van der Waals surface area contributed by atoms with Gasteiger partial charge in [-0.25, -0.2) is 4.98 Å². The minimum absolute atomic E-state index is 0.0906. The molecule has 0 aromatic carbocycles. The number of aromatic amines is 1. The van der Waals surface area contributed by atoms with Crippen LogP contribution in [0, 0.1) is 0 Å². The molecule has 1 saturated heterocycles. The predicted molar refractivity (Wildman–Crippen MR) is 99.7 cm³/mol. The first kappa shape index (κ1) is 16.2. The van der Waals surface area contributed by atoms with Crippen molar-refractivity contribution in [1.29, 1.82) is 0 Å². The highest BCUT2D eigenvalue weighted by atomic mass is 32.1. The largest absolute Gasteiger partial charge is 0.307 e. The second kappa shape index (κ2) is 7.29. The van der Waals surface area contributed by atoms with Gasteiger partial charge >= 0.3 is 0 Å². The van der Waals surface area contributed by atoms with Gasteiger partial charge in [-0.2, -0.15) is 0 Å². The number of likely N-dealkylation sites (tertiary alicyclic amines) is 1. The third kappa shape index (κ3) is 3.86. The molecule has 128 valence electrons. The van der Waals surface area contributed by atoms with Crippen molar-refractivity contribution in [2.24, 2.45) is 0 Å². The fourth-order valence-corrected chi connectivity index (χ4v) is 4.14. The standard InChI is InChI=1S/C19H20N4OS/c24-18-11-17(21-19(22-18)14-5-7-20-8-6-14)15-3-1-9-23(12-15)13-16-4-2-10-25-16/h2,4-8,10-11,15H,1,3,9,12-13H2,(H,21,22,24)/t15-/m1/s1. The lowest BCUT2D eigenvalue weighted by Crippen LogP contribution is -2.34. The highest BCUT2D eigenvalue weighted by Gasteiger charge is 2.23. The van der Waals surface area contributed by atoms with Crippen LogP contribution in [0.4, 0.5) is 0 Å². The number of pyridine rings is 1. The summed E-state index contributed by atoms with van der Waals surface area (Å²) in [6, 6.07) is 9.67. The molecule has 0 bridgehead atoms. The molecule has 6 heteroatoms. The van der Waals surface area contributed by atoms with Crippen molar-refractivity contribution < 1.29 is 0 Å². The molecular formula is C19H20N4OS. The number of thiophene rings is 1. The van der Waals surface area contributed by atoms with E-state index in [1.54, 1.807) is 29.8 Å². The van der Waals surface area contributed by atoms with Crippen LogP contribution in [0.1, 0.15) is 29.3 Å². The van der Waals surface area contributed by atoms with E-state index in [9.17, 15) is 4.79 Å². The number of rotatable bonds is 4. The van der Waals surface area contributed by atoms with Crippen LogP contribution < -0.4 is 5.56 Å². The lowest BCUT2D eigenvalue weighted by molar-refractivity contribution is 0.200. The quantitative estimate of drug-likeness (QED) is 0.783. The van der Waals surface area contributed by atoms with Gasteiger partial charge in [0.05, 0.1) is 5.69 Å². The zero-order valence-electron chi connectivity index (χ0n) is 13.9. The second-order valence-corrected chi connectivity index (χ2v) is 7.44. The van der Waals surface area contributed by atoms with Crippen molar-refractivity contribution in [2.75, 3.05) is 13.1 Å². The Hall–Kier alpha value is -2.31. The van der Waals surface area contributed by atoms with E-state index in [-0.39, 0.29) is 5.56 Å². The lowest BCUT2D eigenvalue weighted by Gasteiger charge is -2.32. The zero-order valence-corrected chi connectivity index (χ0v) is 14.7. The van der Waals surface area contributed by atoms with Crippen molar-refractivity contribution in [3.63, 3.8) is 0 Å². The fraction of sp³-hybridized carbons (Fsp3) is 0.316. The highest BCUT2D eigenvalue weighted by Crippen LogP contribution is 2.27. The van der Waals surface area contributed by atoms with E-state index >= 15 is 0 Å². The molecule has 3 aromatic rings. The van der Waals surface area contributed by atoms with Gasteiger partial charge in [0.1, 0.15) is 5.82 Å². The van der Waals surface area contributed by atoms with E-state index in [0.717, 1.165) is 43.7 Å². The van der Waals surface area contributed by atoms with Crippen molar-refractivity contribution in [3.05, 3.63) is 69.0 Å². The van der Waals surface area contributed by atoms with Gasteiger partial charge in [0, 0.05) is 47.9 Å². The Morgan fingerprint density at radius 3 is 2.96 bits per heavy atom. The van der Waals surface area contributed by atoms with Gasteiger partial charge in [0.2, 0.25) is 0 Å². The monoisotopic (exact) mass is 352 g/mol. The molecule has 1 fully saturated rings. The molecular weight excluding hydrogens is 332 g/mol. The number of nitrogens with zero attached hydrogens (tertiary/aromatic N) is 3. The van der Waals surface area contributed by atoms with Crippen LogP contribution in [-0.2, 0) is 6.54 Å². The van der Waals surface area contributed by atoms with Gasteiger partial charge in [-0.3, -0.25) is 14.7 Å². The molecule has 3 aromatic heterocycles. The third-order valence-corrected chi connectivity index (χ3v) is 5.46. The summed E-state index contributed by atoms with van der Waals surface area (Å²) in [7, 11) is 0. The van der Waals surface area contributed by atoms with Gasteiger partial charge in [0.15, 0.2) is 0 Å². The Morgan fingerprint density at radius 1 is 1.28 bits per heavy atom. The normalized spacial score (nSPS) is 18.3. The van der Waals surface area contributed by atoms with E-state index in [4.69, 9.17) is 4.98 Å². The predicted octanol–water partition coefficient (Wildman–Crippen LogP) is 3.27. The average molecular weight is 352 g/mol. The van der Waals surface area contributed by atoms with Gasteiger partial charge < -0.3 is 4.98 Å². The Bertz CT molecular complexity index is 876. The molecule has 0 amide bonds. The molecule has 1 aliphatic rings. The number of aromatic nitrogens is 3. The van der Waals surface area contributed by atoms with Crippen LogP contribution in [0.3, 0.4) is 0 Å². The molecule has 0 spiro atoms. The van der Waals surface area contributed by atoms with Crippen molar-refractivity contribution in [1.82, 2.24) is 19.9 Å². The average Bonchev–Trinajstić information content (AvgIpc) is 3.15. The first-order valence-electron chi connectivity index (χ1n) is 8.54. The van der Waals surface area contributed by atoms with Gasteiger partial charge in [-0.15, -0.1) is 11.3 Å². The van der Waals surface area contributed by atoms with Crippen molar-refractivity contribution in [3.8, 4) is 11.4 Å². The minimum Gasteiger partial charge on any atom is -0.307 e. The Balaban J connectivity index is 1.56. The number of piperidine rings is 1. The maximum Gasteiger partial charge on any atom is 0.251 e. The second-order valence-electron chi connectivity index (χ2n) is 6.41. The Morgan fingerprint density at radius 2 is 2.16 bits per heavy atom. The first-order chi connectivity index (χ1) is 12.3. The minimum atomic E-state index is -0.0906. The smallest absolute Gasteiger partial charge is 0.251 e. The van der Waals surface area contributed by atoms with E-state index in [0.29, 0.717) is 11.7 Å². The molecule has 1 aliphatic heterocycles. The molecule has 0 saturated carbocycles. The molecule has 25 heavy (non-hydrogen) atoms. The summed E-state index contributed by atoms with van der Waals surface area (Å²) in [6.45, 7) is 3.04. The lowest BCUT2D eigenvalue weighted by atomic mass is 9.94. The van der Waals surface area contributed by atoms with Crippen LogP contribution in [0.15, 0.2) is 52.9 Å². The van der Waals surface area contributed by atoms with Gasteiger partial charge in [-0.1, -0.05) is 6.07 Å². The Labute approximate surface area is 150 Å². The summed E-state index contributed by atoms with van der Waals surface area (Å²) >= 11 is 1.80. The molecule has 4 rings (SSSR count). The maximum absolute atomic E-state index is 12.1. The Kier molecular flexibility index (Phi) is 4.72. The molecule has 1 N–H and O–H groups in total. The van der Waals surface area contributed by atoms with Crippen LogP contribution in [0.2, 0.25) is 0 Å². The summed E-state index contributed by atoms with van der Waals surface area (Å²) in [6.07, 6.45) is 5.64. The summed E-state index contributed by atoms with van der Waals surface area (Å²) in [5.41, 5.74) is 1.69. The summed E-state index contributed by atoms with van der Waals surface area (Å²) in [4.78, 5) is 27.6. The number of H-pyrrole nitrogens is 1. The molecule has 0 aliphatic carbocycles. The fourth-order valence-electron chi connectivity index (χ4n) is 3.40. The first-order valence-corrected chi connectivity index (χ1v) is 9.42. The van der Waals surface area contributed by atoms with Crippen molar-refractivity contribution in [2.45, 2.75) is 25.3 Å². The molecule has 0 unspecified atom stereocenters. The van der Waals surface area contributed by atoms with E-state index < -0.39 is 0 Å².